The van der Waals surface area contributed by atoms with Crippen molar-refractivity contribution in [1.29, 1.82) is 0 Å². The summed E-state index contributed by atoms with van der Waals surface area (Å²) in [5.74, 6) is 0.234. The molecule has 1 aliphatic heterocycles. The lowest BCUT2D eigenvalue weighted by Gasteiger charge is -2.27. The van der Waals surface area contributed by atoms with Gasteiger partial charge in [-0.25, -0.2) is 0 Å². The molecule has 0 unspecified atom stereocenters. The number of hydrogen-bond acceptors (Lipinski definition) is 3. The third-order valence-electron chi connectivity index (χ3n) is 4.47. The lowest BCUT2D eigenvalue weighted by Crippen LogP contribution is -2.46. The summed E-state index contributed by atoms with van der Waals surface area (Å²) in [6, 6.07) is 0. The number of nitrogens with one attached hydrogen (secondary N) is 2. The molecular formula is C18H37N3O. The minimum absolute atomic E-state index is 0.234. The zero-order valence-corrected chi connectivity index (χ0v) is 14.7. The van der Waals surface area contributed by atoms with Gasteiger partial charge >= 0.3 is 0 Å². The van der Waals surface area contributed by atoms with E-state index in [1.54, 1.807) is 0 Å². The Balaban J connectivity index is 1.81. The molecule has 1 amide bonds. The van der Waals surface area contributed by atoms with Crippen molar-refractivity contribution < 1.29 is 4.79 Å². The molecule has 0 atom stereocenters. The number of carbonyl (C=O) groups is 1. The number of nitrogens with zero attached hydrogens (tertiary/aromatic N) is 1. The Morgan fingerprint density at radius 1 is 0.955 bits per heavy atom. The molecule has 22 heavy (non-hydrogen) atoms. The summed E-state index contributed by atoms with van der Waals surface area (Å²) in [6.45, 7) is 8.41. The molecule has 4 nitrogen and oxygen atoms in total. The van der Waals surface area contributed by atoms with Crippen LogP contribution in [-0.2, 0) is 4.79 Å². The second kappa shape index (κ2) is 14.0. The number of carbonyl (C=O) groups excluding carboxylic acids is 1. The maximum atomic E-state index is 11.7. The smallest absolute Gasteiger partial charge is 0.220 e. The number of unbranched alkanes of at least 4 members (excludes halogenated alkanes) is 8. The zero-order chi connectivity index (χ0) is 15.9. The van der Waals surface area contributed by atoms with Crippen molar-refractivity contribution in [2.45, 2.75) is 71.1 Å². The Hall–Kier alpha value is -0.610. The number of piperazine rings is 1. The van der Waals surface area contributed by atoms with E-state index in [1.165, 1.54) is 51.4 Å². The minimum atomic E-state index is 0.234. The molecule has 1 heterocycles. The molecule has 1 rings (SSSR count). The highest BCUT2D eigenvalue weighted by Gasteiger charge is 2.09. The third-order valence-corrected chi connectivity index (χ3v) is 4.47. The molecule has 4 heteroatoms. The Bertz CT molecular complexity index is 265. The van der Waals surface area contributed by atoms with Crippen LogP contribution < -0.4 is 10.6 Å². The van der Waals surface area contributed by atoms with Crippen molar-refractivity contribution >= 4 is 5.91 Å². The van der Waals surface area contributed by atoms with Gasteiger partial charge in [0.25, 0.3) is 0 Å². The molecule has 0 bridgehead atoms. The van der Waals surface area contributed by atoms with Crippen LogP contribution in [0.3, 0.4) is 0 Å². The average molecular weight is 312 g/mol. The van der Waals surface area contributed by atoms with Crippen LogP contribution in [0.15, 0.2) is 0 Å². The van der Waals surface area contributed by atoms with Gasteiger partial charge < -0.3 is 10.6 Å². The fourth-order valence-electron chi connectivity index (χ4n) is 2.97. The summed E-state index contributed by atoms with van der Waals surface area (Å²) in [4.78, 5) is 14.2. The van der Waals surface area contributed by atoms with Crippen LogP contribution in [0.1, 0.15) is 71.1 Å². The molecule has 2 N–H and O–H groups in total. The van der Waals surface area contributed by atoms with E-state index in [1.807, 2.05) is 0 Å². The van der Waals surface area contributed by atoms with Crippen LogP contribution in [0.25, 0.3) is 0 Å². The highest BCUT2D eigenvalue weighted by Crippen LogP contribution is 2.10. The maximum Gasteiger partial charge on any atom is 0.220 e. The first-order valence-corrected chi connectivity index (χ1v) is 9.52. The number of hydrogen-bond donors (Lipinski definition) is 2. The lowest BCUT2D eigenvalue weighted by atomic mass is 10.1. The zero-order valence-electron chi connectivity index (χ0n) is 14.7. The molecule has 130 valence electrons. The molecule has 0 aliphatic carbocycles. The highest BCUT2D eigenvalue weighted by molar-refractivity contribution is 5.75. The normalized spacial score (nSPS) is 15.9. The topological polar surface area (TPSA) is 44.4 Å². The lowest BCUT2D eigenvalue weighted by molar-refractivity contribution is -0.121. The van der Waals surface area contributed by atoms with Crippen LogP contribution in [0, 0.1) is 0 Å². The van der Waals surface area contributed by atoms with Crippen molar-refractivity contribution in [1.82, 2.24) is 15.5 Å². The van der Waals surface area contributed by atoms with E-state index in [0.29, 0.717) is 6.42 Å². The first-order chi connectivity index (χ1) is 10.8. The molecule has 0 spiro atoms. The summed E-state index contributed by atoms with van der Waals surface area (Å²) in [7, 11) is 0. The number of rotatable bonds is 13. The molecule has 0 aromatic heterocycles. The minimum Gasteiger partial charge on any atom is -0.355 e. The van der Waals surface area contributed by atoms with Crippen LogP contribution in [-0.4, -0.2) is 50.1 Å². The molecule has 0 aromatic carbocycles. The molecular weight excluding hydrogens is 274 g/mol. The van der Waals surface area contributed by atoms with E-state index in [9.17, 15) is 4.79 Å². The monoisotopic (exact) mass is 311 g/mol. The highest BCUT2D eigenvalue weighted by atomic mass is 16.1. The Morgan fingerprint density at radius 3 is 2.18 bits per heavy atom. The summed E-state index contributed by atoms with van der Waals surface area (Å²) in [6.07, 6.45) is 12.5. The van der Waals surface area contributed by atoms with Gasteiger partial charge in [0, 0.05) is 45.7 Å². The number of amides is 1. The van der Waals surface area contributed by atoms with Gasteiger partial charge in [-0.2, -0.15) is 0 Å². The Labute approximate surface area is 137 Å². The van der Waals surface area contributed by atoms with Gasteiger partial charge in [-0.15, -0.1) is 0 Å². The largest absolute Gasteiger partial charge is 0.355 e. The predicted octanol–water partition coefficient (Wildman–Crippen LogP) is 2.93. The van der Waals surface area contributed by atoms with Gasteiger partial charge in [0.1, 0.15) is 0 Å². The SMILES string of the molecule is CCCCCCCCCCCC(=O)NCCN1CCNCC1. The molecule has 1 fully saturated rings. The Morgan fingerprint density at radius 2 is 1.55 bits per heavy atom. The first-order valence-electron chi connectivity index (χ1n) is 9.52. The standard InChI is InChI=1S/C18H37N3O/c1-2-3-4-5-6-7-8-9-10-11-18(22)20-14-17-21-15-12-19-13-16-21/h19H,2-17H2,1H3,(H,20,22). The van der Waals surface area contributed by atoms with Crippen LogP contribution >= 0.6 is 0 Å². The van der Waals surface area contributed by atoms with E-state index in [-0.39, 0.29) is 5.91 Å². The van der Waals surface area contributed by atoms with E-state index in [4.69, 9.17) is 0 Å². The average Bonchev–Trinajstić information content (AvgIpc) is 2.54. The maximum absolute atomic E-state index is 11.7. The quantitative estimate of drug-likeness (QED) is 0.514. The van der Waals surface area contributed by atoms with Crippen molar-refractivity contribution in [3.63, 3.8) is 0 Å². The van der Waals surface area contributed by atoms with Crippen LogP contribution in [0.5, 0.6) is 0 Å². The summed E-state index contributed by atoms with van der Waals surface area (Å²) >= 11 is 0. The van der Waals surface area contributed by atoms with E-state index >= 15 is 0 Å². The first kappa shape index (κ1) is 19.4. The van der Waals surface area contributed by atoms with Crippen molar-refractivity contribution in [3.8, 4) is 0 Å². The Kier molecular flexibility index (Phi) is 12.4. The summed E-state index contributed by atoms with van der Waals surface area (Å²) < 4.78 is 0. The van der Waals surface area contributed by atoms with Crippen molar-refractivity contribution in [2.24, 2.45) is 0 Å². The summed E-state index contributed by atoms with van der Waals surface area (Å²) in [5.41, 5.74) is 0. The van der Waals surface area contributed by atoms with Crippen molar-refractivity contribution in [3.05, 3.63) is 0 Å². The molecule has 0 aromatic rings. The van der Waals surface area contributed by atoms with E-state index in [0.717, 1.165) is 45.7 Å². The van der Waals surface area contributed by atoms with E-state index in [2.05, 4.69) is 22.5 Å². The molecule has 1 aliphatic rings. The van der Waals surface area contributed by atoms with Gasteiger partial charge in [0.2, 0.25) is 5.91 Å². The fourth-order valence-corrected chi connectivity index (χ4v) is 2.97. The van der Waals surface area contributed by atoms with Crippen LogP contribution in [0.4, 0.5) is 0 Å². The van der Waals surface area contributed by atoms with Gasteiger partial charge in [-0.1, -0.05) is 58.3 Å². The third kappa shape index (κ3) is 11.0. The van der Waals surface area contributed by atoms with E-state index < -0.39 is 0 Å². The van der Waals surface area contributed by atoms with Gasteiger partial charge in [0.15, 0.2) is 0 Å². The van der Waals surface area contributed by atoms with Crippen LogP contribution in [0.2, 0.25) is 0 Å². The molecule has 1 saturated heterocycles. The molecule has 0 saturated carbocycles. The second-order valence-corrected chi connectivity index (χ2v) is 6.52. The molecule has 0 radical (unpaired) electrons. The second-order valence-electron chi connectivity index (χ2n) is 6.52. The predicted molar refractivity (Wildman–Crippen MR) is 94.2 cm³/mol. The van der Waals surface area contributed by atoms with Crippen molar-refractivity contribution in [2.75, 3.05) is 39.3 Å². The van der Waals surface area contributed by atoms with Gasteiger partial charge in [-0.05, 0) is 6.42 Å². The summed E-state index contributed by atoms with van der Waals surface area (Å²) in [5, 5.41) is 6.40. The fraction of sp³-hybridized carbons (Fsp3) is 0.944. The van der Waals surface area contributed by atoms with Gasteiger partial charge in [-0.3, -0.25) is 9.69 Å². The van der Waals surface area contributed by atoms with Gasteiger partial charge in [0.05, 0.1) is 0 Å².